The number of fused-ring (bicyclic) bond motifs is 1. The van der Waals surface area contributed by atoms with Gasteiger partial charge in [0.15, 0.2) is 0 Å². The van der Waals surface area contributed by atoms with Crippen molar-refractivity contribution in [1.29, 1.82) is 0 Å². The lowest BCUT2D eigenvalue weighted by molar-refractivity contribution is 0.0682. The molecule has 5 nitrogen and oxygen atoms in total. The number of anilines is 1. The SMILES string of the molecule is CCCN1C(=O)c2ccccc2N[C@H]1c1c(C)nn(-c2ccc(F)cc2)c1C. The Balaban J connectivity index is 1.81. The minimum Gasteiger partial charge on any atom is -0.361 e. The smallest absolute Gasteiger partial charge is 0.257 e. The number of hydrogen-bond donors (Lipinski definition) is 1. The van der Waals surface area contributed by atoms with Gasteiger partial charge < -0.3 is 10.2 Å². The number of aromatic nitrogens is 2. The second kappa shape index (κ2) is 7.11. The Morgan fingerprint density at radius 1 is 1.11 bits per heavy atom. The molecule has 0 saturated carbocycles. The Labute approximate surface area is 163 Å². The predicted octanol–water partition coefficient (Wildman–Crippen LogP) is 4.60. The minimum absolute atomic E-state index is 0.0227. The number of carbonyl (C=O) groups excluding carboxylic acids is 1. The topological polar surface area (TPSA) is 50.2 Å². The third kappa shape index (κ3) is 2.95. The van der Waals surface area contributed by atoms with Crippen LogP contribution in [0.2, 0.25) is 0 Å². The first kappa shape index (κ1) is 18.2. The zero-order valence-electron chi connectivity index (χ0n) is 16.2. The number of halogens is 1. The fraction of sp³-hybridized carbons (Fsp3) is 0.273. The van der Waals surface area contributed by atoms with E-state index < -0.39 is 0 Å². The number of rotatable bonds is 4. The molecule has 144 valence electrons. The highest BCUT2D eigenvalue weighted by molar-refractivity contribution is 6.01. The largest absolute Gasteiger partial charge is 0.361 e. The van der Waals surface area contributed by atoms with Crippen LogP contribution in [0.5, 0.6) is 0 Å². The summed E-state index contributed by atoms with van der Waals surface area (Å²) >= 11 is 0. The van der Waals surface area contributed by atoms with Crippen molar-refractivity contribution in [2.24, 2.45) is 0 Å². The van der Waals surface area contributed by atoms with Crippen LogP contribution in [0.25, 0.3) is 5.69 Å². The molecular formula is C22H23FN4O. The van der Waals surface area contributed by atoms with Crippen molar-refractivity contribution < 1.29 is 9.18 Å². The normalized spacial score (nSPS) is 16.1. The van der Waals surface area contributed by atoms with Crippen molar-refractivity contribution in [3.63, 3.8) is 0 Å². The van der Waals surface area contributed by atoms with Crippen molar-refractivity contribution in [2.45, 2.75) is 33.4 Å². The molecule has 0 bridgehead atoms. The number of carbonyl (C=O) groups is 1. The summed E-state index contributed by atoms with van der Waals surface area (Å²) in [7, 11) is 0. The molecular weight excluding hydrogens is 355 g/mol. The first-order chi connectivity index (χ1) is 13.5. The molecule has 4 rings (SSSR count). The van der Waals surface area contributed by atoms with Crippen LogP contribution < -0.4 is 5.32 Å². The summed E-state index contributed by atoms with van der Waals surface area (Å²) < 4.78 is 15.1. The molecule has 2 heterocycles. The van der Waals surface area contributed by atoms with Crippen molar-refractivity contribution in [3.8, 4) is 5.69 Å². The van der Waals surface area contributed by atoms with Crippen LogP contribution in [0.4, 0.5) is 10.1 Å². The van der Waals surface area contributed by atoms with E-state index >= 15 is 0 Å². The molecule has 1 N–H and O–H groups in total. The van der Waals surface area contributed by atoms with Crippen molar-refractivity contribution in [1.82, 2.24) is 14.7 Å². The second-order valence-electron chi connectivity index (χ2n) is 7.06. The molecule has 3 aromatic rings. The van der Waals surface area contributed by atoms with E-state index in [0.717, 1.165) is 34.7 Å². The van der Waals surface area contributed by atoms with Gasteiger partial charge in [0.2, 0.25) is 0 Å². The molecule has 0 spiro atoms. The van der Waals surface area contributed by atoms with Gasteiger partial charge >= 0.3 is 0 Å². The second-order valence-corrected chi connectivity index (χ2v) is 7.06. The van der Waals surface area contributed by atoms with Crippen LogP contribution in [0.15, 0.2) is 48.5 Å². The van der Waals surface area contributed by atoms with Crippen LogP contribution in [0.1, 0.15) is 46.8 Å². The average Bonchev–Trinajstić information content (AvgIpc) is 2.99. The molecule has 0 unspecified atom stereocenters. The van der Waals surface area contributed by atoms with Crippen LogP contribution >= 0.6 is 0 Å². The summed E-state index contributed by atoms with van der Waals surface area (Å²) in [6, 6.07) is 13.8. The van der Waals surface area contributed by atoms with Crippen molar-refractivity contribution in [3.05, 3.63) is 76.9 Å². The number of aryl methyl sites for hydroxylation is 1. The Bertz CT molecular complexity index is 1030. The van der Waals surface area contributed by atoms with Gasteiger partial charge in [-0.1, -0.05) is 19.1 Å². The maximum atomic E-state index is 13.3. The number of nitrogens with one attached hydrogen (secondary N) is 1. The molecule has 1 aliphatic heterocycles. The summed E-state index contributed by atoms with van der Waals surface area (Å²) in [5.41, 5.74) is 5.05. The summed E-state index contributed by atoms with van der Waals surface area (Å²) in [5, 5.41) is 8.20. The predicted molar refractivity (Wildman–Crippen MR) is 107 cm³/mol. The Hall–Kier alpha value is -3.15. The van der Waals surface area contributed by atoms with Gasteiger partial charge in [-0.2, -0.15) is 5.10 Å². The molecule has 6 heteroatoms. The van der Waals surface area contributed by atoms with E-state index in [4.69, 9.17) is 0 Å². The van der Waals surface area contributed by atoms with Crippen LogP contribution in [-0.4, -0.2) is 27.1 Å². The van der Waals surface area contributed by atoms with Crippen molar-refractivity contribution >= 4 is 11.6 Å². The van der Waals surface area contributed by atoms with Gasteiger partial charge in [0, 0.05) is 23.5 Å². The monoisotopic (exact) mass is 378 g/mol. The number of amides is 1. The van der Waals surface area contributed by atoms with E-state index in [1.165, 1.54) is 12.1 Å². The summed E-state index contributed by atoms with van der Waals surface area (Å²) in [4.78, 5) is 15.0. The number of benzene rings is 2. The van der Waals surface area contributed by atoms with Crippen LogP contribution in [0.3, 0.4) is 0 Å². The number of nitrogens with zero attached hydrogens (tertiary/aromatic N) is 3. The zero-order valence-corrected chi connectivity index (χ0v) is 16.2. The Morgan fingerprint density at radius 2 is 1.82 bits per heavy atom. The van der Waals surface area contributed by atoms with Gasteiger partial charge in [-0.15, -0.1) is 0 Å². The zero-order chi connectivity index (χ0) is 19.8. The first-order valence-electron chi connectivity index (χ1n) is 9.50. The number of para-hydroxylation sites is 1. The summed E-state index contributed by atoms with van der Waals surface area (Å²) in [6.07, 6.45) is 0.563. The van der Waals surface area contributed by atoms with Gasteiger partial charge in [-0.3, -0.25) is 4.79 Å². The fourth-order valence-corrected chi connectivity index (χ4v) is 3.88. The molecule has 0 aliphatic carbocycles. The van der Waals surface area contributed by atoms with Crippen molar-refractivity contribution in [2.75, 3.05) is 11.9 Å². The minimum atomic E-state index is -0.295. The lowest BCUT2D eigenvalue weighted by Crippen LogP contribution is -2.43. The average molecular weight is 378 g/mol. The molecule has 1 atom stereocenters. The van der Waals surface area contributed by atoms with Gasteiger partial charge in [-0.05, 0) is 56.7 Å². The first-order valence-corrected chi connectivity index (χ1v) is 9.50. The van der Waals surface area contributed by atoms with Gasteiger partial charge in [0.25, 0.3) is 5.91 Å². The quantitative estimate of drug-likeness (QED) is 0.722. The summed E-state index contributed by atoms with van der Waals surface area (Å²) in [6.45, 7) is 6.63. The fourth-order valence-electron chi connectivity index (χ4n) is 3.88. The number of hydrogen-bond acceptors (Lipinski definition) is 3. The van der Waals surface area contributed by atoms with E-state index in [0.29, 0.717) is 12.1 Å². The van der Waals surface area contributed by atoms with E-state index in [1.54, 1.807) is 16.8 Å². The van der Waals surface area contributed by atoms with E-state index in [1.807, 2.05) is 43.0 Å². The molecule has 2 aromatic carbocycles. The van der Waals surface area contributed by atoms with E-state index in [2.05, 4.69) is 17.3 Å². The molecule has 0 fully saturated rings. The standard InChI is InChI=1S/C22H23FN4O/c1-4-13-26-21(24-19-8-6-5-7-18(19)22(26)28)20-14(2)25-27(15(20)3)17-11-9-16(23)10-12-17/h5-12,21,24H,4,13H2,1-3H3/t21-/m1/s1. The third-order valence-corrected chi connectivity index (χ3v) is 5.18. The maximum Gasteiger partial charge on any atom is 0.257 e. The lowest BCUT2D eigenvalue weighted by Gasteiger charge is -2.38. The maximum absolute atomic E-state index is 13.3. The van der Waals surface area contributed by atoms with E-state index in [9.17, 15) is 9.18 Å². The molecule has 1 amide bonds. The van der Waals surface area contributed by atoms with Gasteiger partial charge in [0.05, 0.1) is 16.9 Å². The molecule has 0 radical (unpaired) electrons. The Morgan fingerprint density at radius 3 is 2.54 bits per heavy atom. The summed E-state index contributed by atoms with van der Waals surface area (Å²) in [5.74, 6) is -0.259. The molecule has 0 saturated heterocycles. The highest BCUT2D eigenvalue weighted by atomic mass is 19.1. The van der Waals surface area contributed by atoms with Crippen LogP contribution in [-0.2, 0) is 0 Å². The highest BCUT2D eigenvalue weighted by Crippen LogP contribution is 2.36. The Kier molecular flexibility index (Phi) is 4.63. The van der Waals surface area contributed by atoms with E-state index in [-0.39, 0.29) is 17.9 Å². The van der Waals surface area contributed by atoms with Gasteiger partial charge in [0.1, 0.15) is 12.0 Å². The highest BCUT2D eigenvalue weighted by Gasteiger charge is 2.35. The third-order valence-electron chi connectivity index (χ3n) is 5.18. The molecule has 28 heavy (non-hydrogen) atoms. The van der Waals surface area contributed by atoms with Gasteiger partial charge in [-0.25, -0.2) is 9.07 Å². The molecule has 1 aliphatic rings. The lowest BCUT2D eigenvalue weighted by atomic mass is 10.0. The molecule has 1 aromatic heterocycles. The van der Waals surface area contributed by atoms with Crippen LogP contribution in [0, 0.1) is 19.7 Å².